The third-order valence-corrected chi connectivity index (χ3v) is 6.04. The number of piperazine rings is 1. The maximum absolute atomic E-state index is 14.9. The molecular weight excluding hydrogens is 363 g/mol. The van der Waals surface area contributed by atoms with Crippen molar-refractivity contribution in [2.75, 3.05) is 38.1 Å². The van der Waals surface area contributed by atoms with E-state index in [0.717, 1.165) is 48.6 Å². The monoisotopic (exact) mass is 388 g/mol. The summed E-state index contributed by atoms with van der Waals surface area (Å²) in [6.45, 7) is 3.98. The van der Waals surface area contributed by atoms with Crippen LogP contribution in [0.3, 0.4) is 0 Å². The van der Waals surface area contributed by atoms with Gasteiger partial charge in [0.25, 0.3) is 0 Å². The van der Waals surface area contributed by atoms with Gasteiger partial charge in [0, 0.05) is 90.7 Å². The summed E-state index contributed by atoms with van der Waals surface area (Å²) in [7, 11) is 4.19. The van der Waals surface area contributed by atoms with Crippen molar-refractivity contribution in [3.05, 3.63) is 66.9 Å². The number of para-hydroxylation sites is 1. The number of aryl methyl sites for hydroxylation is 1. The second-order valence-corrected chi connectivity index (χ2v) is 7.91. The molecule has 0 radical (unpaired) electrons. The van der Waals surface area contributed by atoms with Crippen molar-refractivity contribution in [2.45, 2.75) is 0 Å². The highest BCUT2D eigenvalue weighted by atomic mass is 19.1. The van der Waals surface area contributed by atoms with E-state index in [1.54, 1.807) is 6.07 Å². The lowest BCUT2D eigenvalue weighted by atomic mass is 9.97. The summed E-state index contributed by atoms with van der Waals surface area (Å²) in [4.78, 5) is 7.87. The summed E-state index contributed by atoms with van der Waals surface area (Å²) < 4.78 is 17.1. The van der Waals surface area contributed by atoms with Crippen molar-refractivity contribution in [3.63, 3.8) is 0 Å². The first-order chi connectivity index (χ1) is 14.1. The third kappa shape index (κ3) is 3.12. The molecule has 2 aromatic carbocycles. The summed E-state index contributed by atoms with van der Waals surface area (Å²) in [5.74, 6) is -0.191. The Morgan fingerprint density at radius 3 is 2.34 bits per heavy atom. The van der Waals surface area contributed by atoms with E-state index in [1.807, 2.05) is 43.7 Å². The van der Waals surface area contributed by atoms with Gasteiger partial charge in [-0.2, -0.15) is 0 Å². The predicted octanol–water partition coefficient (Wildman–Crippen LogP) is 4.73. The van der Waals surface area contributed by atoms with Gasteiger partial charge in [0.1, 0.15) is 5.82 Å². The Hall–Kier alpha value is -3.05. The van der Waals surface area contributed by atoms with Crippen LogP contribution in [-0.2, 0) is 7.05 Å². The van der Waals surface area contributed by atoms with Crippen molar-refractivity contribution < 1.29 is 4.39 Å². The van der Waals surface area contributed by atoms with Crippen LogP contribution in [0.2, 0.25) is 0 Å². The maximum atomic E-state index is 14.9. The lowest BCUT2D eigenvalue weighted by Gasteiger charge is -2.34. The summed E-state index contributed by atoms with van der Waals surface area (Å²) >= 11 is 0. The molecule has 1 fully saturated rings. The van der Waals surface area contributed by atoms with Gasteiger partial charge in [-0.1, -0.05) is 18.2 Å². The zero-order chi connectivity index (χ0) is 20.0. The number of anilines is 1. The number of H-pyrrole nitrogens is 1. The van der Waals surface area contributed by atoms with Crippen LogP contribution >= 0.6 is 0 Å². The van der Waals surface area contributed by atoms with Gasteiger partial charge in [-0.05, 0) is 31.3 Å². The van der Waals surface area contributed by atoms with Crippen LogP contribution in [0.1, 0.15) is 0 Å². The zero-order valence-corrected chi connectivity index (χ0v) is 16.8. The minimum absolute atomic E-state index is 0.191. The van der Waals surface area contributed by atoms with E-state index in [9.17, 15) is 4.39 Å². The Labute approximate surface area is 170 Å². The molecule has 3 heterocycles. The van der Waals surface area contributed by atoms with Crippen LogP contribution < -0.4 is 4.90 Å². The number of hydrogen-bond acceptors (Lipinski definition) is 2. The highest BCUT2D eigenvalue weighted by molar-refractivity contribution is 6.00. The average molecular weight is 388 g/mol. The summed E-state index contributed by atoms with van der Waals surface area (Å²) in [6.07, 6.45) is 6.00. The Kier molecular flexibility index (Phi) is 4.40. The average Bonchev–Trinajstić information content (AvgIpc) is 3.34. The molecule has 5 rings (SSSR count). The van der Waals surface area contributed by atoms with Gasteiger partial charge in [0.15, 0.2) is 0 Å². The van der Waals surface area contributed by atoms with Gasteiger partial charge in [-0.15, -0.1) is 0 Å². The standard InChI is InChI=1S/C24H25FN4/c1-27-9-11-29(12-10-27)17-7-8-23(25)19(13-17)20-14-26-15-21(20)22-16-28(2)24-6-4-3-5-18(22)24/h3-8,13-16,26H,9-12H2,1-2H3. The fourth-order valence-corrected chi connectivity index (χ4v) is 4.35. The maximum Gasteiger partial charge on any atom is 0.131 e. The molecule has 5 heteroatoms. The van der Waals surface area contributed by atoms with Crippen LogP contribution in [0.25, 0.3) is 33.2 Å². The smallest absolute Gasteiger partial charge is 0.131 e. The number of nitrogens with zero attached hydrogens (tertiary/aromatic N) is 3. The van der Waals surface area contributed by atoms with Crippen molar-refractivity contribution in [1.82, 2.24) is 14.5 Å². The number of fused-ring (bicyclic) bond motifs is 1. The highest BCUT2D eigenvalue weighted by Crippen LogP contribution is 2.39. The summed E-state index contributed by atoms with van der Waals surface area (Å²) in [6, 6.07) is 13.8. The number of nitrogens with one attached hydrogen (secondary N) is 1. The number of benzene rings is 2. The topological polar surface area (TPSA) is 27.2 Å². The van der Waals surface area contributed by atoms with Gasteiger partial charge in [-0.3, -0.25) is 0 Å². The minimum atomic E-state index is -0.191. The van der Waals surface area contributed by atoms with Crippen molar-refractivity contribution >= 4 is 16.6 Å². The number of likely N-dealkylation sites (N-methyl/N-ethyl adjacent to an activating group) is 1. The number of hydrogen-bond donors (Lipinski definition) is 1. The van der Waals surface area contributed by atoms with Gasteiger partial charge in [-0.25, -0.2) is 4.39 Å². The molecule has 1 saturated heterocycles. The molecule has 0 saturated carbocycles. The van der Waals surface area contributed by atoms with Crippen LogP contribution in [0.15, 0.2) is 61.1 Å². The van der Waals surface area contributed by atoms with Crippen molar-refractivity contribution in [3.8, 4) is 22.3 Å². The Morgan fingerprint density at radius 2 is 1.55 bits per heavy atom. The Bertz CT molecular complexity index is 1160. The van der Waals surface area contributed by atoms with Gasteiger partial charge in [0.05, 0.1) is 0 Å². The summed E-state index contributed by atoms with van der Waals surface area (Å²) in [5.41, 5.74) is 5.93. The molecule has 0 unspecified atom stereocenters. The minimum Gasteiger partial charge on any atom is -0.369 e. The van der Waals surface area contributed by atoms with Gasteiger partial charge in [0.2, 0.25) is 0 Å². The van der Waals surface area contributed by atoms with Gasteiger partial charge >= 0.3 is 0 Å². The van der Waals surface area contributed by atoms with E-state index >= 15 is 0 Å². The zero-order valence-electron chi connectivity index (χ0n) is 16.8. The van der Waals surface area contributed by atoms with Crippen LogP contribution in [0.5, 0.6) is 0 Å². The first-order valence-corrected chi connectivity index (χ1v) is 10.1. The van der Waals surface area contributed by atoms with Crippen LogP contribution in [0.4, 0.5) is 10.1 Å². The molecule has 29 heavy (non-hydrogen) atoms. The molecule has 0 atom stereocenters. The van der Waals surface area contributed by atoms with E-state index in [2.05, 4.69) is 44.7 Å². The first-order valence-electron chi connectivity index (χ1n) is 10.1. The largest absolute Gasteiger partial charge is 0.369 e. The lowest BCUT2D eigenvalue weighted by molar-refractivity contribution is 0.313. The van der Waals surface area contributed by atoms with Crippen LogP contribution in [-0.4, -0.2) is 47.7 Å². The molecule has 2 aromatic heterocycles. The SMILES string of the molecule is CN1CCN(c2ccc(F)c(-c3c[nH]cc3-c3cn(C)c4ccccc34)c2)CC1. The molecule has 0 amide bonds. The van der Waals surface area contributed by atoms with E-state index < -0.39 is 0 Å². The molecular formula is C24H25FN4. The van der Waals surface area contributed by atoms with E-state index in [1.165, 1.54) is 10.9 Å². The number of aromatic amines is 1. The molecule has 148 valence electrons. The molecule has 4 nitrogen and oxygen atoms in total. The van der Waals surface area contributed by atoms with Crippen molar-refractivity contribution in [2.24, 2.45) is 7.05 Å². The lowest BCUT2D eigenvalue weighted by Crippen LogP contribution is -2.44. The molecule has 0 bridgehead atoms. The number of aromatic nitrogens is 2. The van der Waals surface area contributed by atoms with Gasteiger partial charge < -0.3 is 19.4 Å². The number of halogens is 1. The molecule has 1 aliphatic rings. The van der Waals surface area contributed by atoms with Crippen molar-refractivity contribution in [1.29, 1.82) is 0 Å². The fourth-order valence-electron chi connectivity index (χ4n) is 4.35. The molecule has 1 aliphatic heterocycles. The summed E-state index contributed by atoms with van der Waals surface area (Å²) in [5, 5.41) is 1.17. The second kappa shape index (κ2) is 7.08. The van der Waals surface area contributed by atoms with E-state index in [-0.39, 0.29) is 5.82 Å². The molecule has 1 N–H and O–H groups in total. The van der Waals surface area contributed by atoms with Crippen LogP contribution in [0, 0.1) is 5.82 Å². The Balaban J connectivity index is 1.59. The van der Waals surface area contributed by atoms with E-state index in [4.69, 9.17) is 0 Å². The second-order valence-electron chi connectivity index (χ2n) is 7.91. The normalized spacial score (nSPS) is 15.3. The fraction of sp³-hybridized carbons (Fsp3) is 0.250. The number of rotatable bonds is 3. The molecule has 0 spiro atoms. The molecule has 4 aromatic rings. The van der Waals surface area contributed by atoms with E-state index in [0.29, 0.717) is 5.56 Å². The first kappa shape index (κ1) is 18.0. The Morgan fingerprint density at radius 1 is 0.828 bits per heavy atom. The third-order valence-electron chi connectivity index (χ3n) is 6.04. The quantitative estimate of drug-likeness (QED) is 0.549. The highest BCUT2D eigenvalue weighted by Gasteiger charge is 2.19. The predicted molar refractivity (Wildman–Crippen MR) is 118 cm³/mol. The molecule has 0 aliphatic carbocycles.